The fourth-order valence-corrected chi connectivity index (χ4v) is 5.98. The topological polar surface area (TPSA) is 77.4 Å². The minimum atomic E-state index is -0.469. The van der Waals surface area contributed by atoms with Gasteiger partial charge in [-0.05, 0) is 62.7 Å². The Kier molecular flexibility index (Phi) is 7.87. The van der Waals surface area contributed by atoms with Crippen molar-refractivity contribution in [1.82, 2.24) is 0 Å². The lowest BCUT2D eigenvalue weighted by Crippen LogP contribution is -2.29. The van der Waals surface area contributed by atoms with E-state index in [1.807, 2.05) is 6.08 Å². The largest absolute Gasteiger partial charge is 0.392 e. The SMILES string of the molecule is CC(CCCOC1CCCCO1)CC(O)C=C[C@@H]1[C@@H]2CC3(C[C@H]2C[C@H]1O)OCCO3. The van der Waals surface area contributed by atoms with E-state index in [-0.39, 0.29) is 18.3 Å². The van der Waals surface area contributed by atoms with Gasteiger partial charge in [0.1, 0.15) is 0 Å². The Morgan fingerprint density at radius 2 is 2.00 bits per heavy atom. The second kappa shape index (κ2) is 10.4. The molecule has 172 valence electrons. The highest BCUT2D eigenvalue weighted by Gasteiger charge is 2.55. The molecule has 0 aromatic carbocycles. The van der Waals surface area contributed by atoms with Crippen LogP contribution in [0.2, 0.25) is 0 Å². The van der Waals surface area contributed by atoms with E-state index in [4.69, 9.17) is 18.9 Å². The van der Waals surface area contributed by atoms with E-state index in [0.717, 1.165) is 64.6 Å². The Bertz CT molecular complexity index is 554. The zero-order valence-electron chi connectivity index (χ0n) is 18.4. The Morgan fingerprint density at radius 1 is 1.17 bits per heavy atom. The summed E-state index contributed by atoms with van der Waals surface area (Å²) in [5.74, 6) is 0.960. The van der Waals surface area contributed by atoms with Gasteiger partial charge in [0.05, 0.1) is 25.4 Å². The fraction of sp³-hybridized carbons (Fsp3) is 0.917. The van der Waals surface area contributed by atoms with Gasteiger partial charge in [-0.1, -0.05) is 19.1 Å². The fourth-order valence-electron chi connectivity index (χ4n) is 5.98. The quantitative estimate of drug-likeness (QED) is 0.436. The summed E-state index contributed by atoms with van der Waals surface area (Å²) in [5, 5.41) is 21.0. The van der Waals surface area contributed by atoms with Crippen molar-refractivity contribution in [2.75, 3.05) is 26.4 Å². The molecule has 3 unspecified atom stereocenters. The molecule has 2 aliphatic carbocycles. The number of aliphatic hydroxyl groups excluding tert-OH is 2. The Labute approximate surface area is 180 Å². The highest BCUT2D eigenvalue weighted by Crippen LogP contribution is 2.54. The van der Waals surface area contributed by atoms with Gasteiger partial charge in [0.25, 0.3) is 0 Å². The number of rotatable bonds is 9. The molecule has 1 spiro atoms. The number of hydrogen-bond acceptors (Lipinski definition) is 6. The van der Waals surface area contributed by atoms with Crippen molar-refractivity contribution < 1.29 is 29.2 Å². The van der Waals surface area contributed by atoms with Gasteiger partial charge < -0.3 is 29.2 Å². The number of ether oxygens (including phenoxy) is 4. The molecular formula is C24H40O6. The molecule has 2 heterocycles. The highest BCUT2D eigenvalue weighted by molar-refractivity contribution is 5.09. The van der Waals surface area contributed by atoms with Gasteiger partial charge in [0.2, 0.25) is 0 Å². The molecule has 30 heavy (non-hydrogen) atoms. The molecule has 0 radical (unpaired) electrons. The van der Waals surface area contributed by atoms with Crippen LogP contribution in [-0.4, -0.2) is 60.9 Å². The Morgan fingerprint density at radius 3 is 2.77 bits per heavy atom. The summed E-state index contributed by atoms with van der Waals surface area (Å²) in [4.78, 5) is 0. The molecule has 2 saturated carbocycles. The van der Waals surface area contributed by atoms with Crippen LogP contribution in [0.25, 0.3) is 0 Å². The summed E-state index contributed by atoms with van der Waals surface area (Å²) < 4.78 is 23.2. The van der Waals surface area contributed by atoms with Crippen molar-refractivity contribution in [2.45, 2.75) is 89.0 Å². The second-order valence-corrected chi connectivity index (χ2v) is 9.92. The summed E-state index contributed by atoms with van der Waals surface area (Å²) in [6, 6.07) is 0. The zero-order chi connectivity index (χ0) is 21.0. The van der Waals surface area contributed by atoms with Crippen LogP contribution in [0.3, 0.4) is 0 Å². The summed E-state index contributed by atoms with van der Waals surface area (Å²) in [6.07, 6.45) is 11.8. The van der Waals surface area contributed by atoms with Gasteiger partial charge in [0, 0.05) is 32.0 Å². The van der Waals surface area contributed by atoms with Crippen LogP contribution >= 0.6 is 0 Å². The van der Waals surface area contributed by atoms with Crippen molar-refractivity contribution in [3.8, 4) is 0 Å². The predicted molar refractivity (Wildman–Crippen MR) is 113 cm³/mol. The first-order chi connectivity index (χ1) is 14.5. The van der Waals surface area contributed by atoms with Gasteiger partial charge in [-0.15, -0.1) is 0 Å². The van der Waals surface area contributed by atoms with E-state index >= 15 is 0 Å². The molecule has 0 aromatic rings. The lowest BCUT2D eigenvalue weighted by molar-refractivity contribution is -0.163. The molecule has 4 aliphatic rings. The Hall–Kier alpha value is -0.500. The average Bonchev–Trinajstić information content (AvgIpc) is 3.40. The lowest BCUT2D eigenvalue weighted by atomic mass is 9.89. The van der Waals surface area contributed by atoms with Crippen molar-refractivity contribution >= 4 is 0 Å². The van der Waals surface area contributed by atoms with E-state index in [1.165, 1.54) is 6.42 Å². The number of aliphatic hydroxyl groups is 2. The number of fused-ring (bicyclic) bond motifs is 1. The summed E-state index contributed by atoms with van der Waals surface area (Å²) in [6.45, 7) is 5.09. The van der Waals surface area contributed by atoms with Crippen LogP contribution in [-0.2, 0) is 18.9 Å². The van der Waals surface area contributed by atoms with Crippen molar-refractivity contribution in [2.24, 2.45) is 23.7 Å². The molecule has 0 bridgehead atoms. The molecule has 7 atom stereocenters. The predicted octanol–water partition coefficient (Wildman–Crippen LogP) is 3.40. The minimum Gasteiger partial charge on any atom is -0.392 e. The molecular weight excluding hydrogens is 384 g/mol. The molecule has 6 heteroatoms. The molecule has 4 fully saturated rings. The molecule has 0 amide bonds. The van der Waals surface area contributed by atoms with Crippen molar-refractivity contribution in [1.29, 1.82) is 0 Å². The van der Waals surface area contributed by atoms with E-state index < -0.39 is 11.9 Å². The van der Waals surface area contributed by atoms with E-state index in [1.54, 1.807) is 0 Å². The standard InChI is InChI=1S/C24H40O6/c1-17(5-4-10-28-23-6-2-3-9-27-23)13-19(25)7-8-20-21-16-24(29-11-12-30-24)15-18(21)14-22(20)26/h7-8,17-23,25-26H,2-6,9-16H2,1H3/t17?,18-,19?,20-,21-,22-,23?/m1/s1. The lowest BCUT2D eigenvalue weighted by Gasteiger charge is -2.25. The maximum Gasteiger partial charge on any atom is 0.169 e. The summed E-state index contributed by atoms with van der Waals surface area (Å²) >= 11 is 0. The zero-order valence-corrected chi connectivity index (χ0v) is 18.4. The molecule has 2 aliphatic heterocycles. The van der Waals surface area contributed by atoms with Crippen molar-refractivity contribution in [3.63, 3.8) is 0 Å². The maximum atomic E-state index is 10.5. The van der Waals surface area contributed by atoms with Crippen LogP contribution in [0.4, 0.5) is 0 Å². The smallest absolute Gasteiger partial charge is 0.169 e. The second-order valence-electron chi connectivity index (χ2n) is 9.92. The first-order valence-corrected chi connectivity index (χ1v) is 12.1. The third-order valence-electron chi connectivity index (χ3n) is 7.50. The summed E-state index contributed by atoms with van der Waals surface area (Å²) in [5.41, 5.74) is 0. The van der Waals surface area contributed by atoms with Gasteiger partial charge in [-0.2, -0.15) is 0 Å². The van der Waals surface area contributed by atoms with Crippen LogP contribution in [0, 0.1) is 23.7 Å². The van der Waals surface area contributed by atoms with Gasteiger partial charge in [-0.3, -0.25) is 0 Å². The van der Waals surface area contributed by atoms with Gasteiger partial charge in [-0.25, -0.2) is 0 Å². The van der Waals surface area contributed by atoms with Crippen LogP contribution in [0.1, 0.15) is 64.7 Å². The monoisotopic (exact) mass is 424 g/mol. The molecule has 2 saturated heterocycles. The highest BCUT2D eigenvalue weighted by atomic mass is 16.7. The van der Waals surface area contributed by atoms with Gasteiger partial charge in [0.15, 0.2) is 12.1 Å². The molecule has 2 N–H and O–H groups in total. The van der Waals surface area contributed by atoms with Crippen LogP contribution in [0.15, 0.2) is 12.2 Å². The third-order valence-corrected chi connectivity index (χ3v) is 7.50. The van der Waals surface area contributed by atoms with Crippen LogP contribution in [0.5, 0.6) is 0 Å². The minimum absolute atomic E-state index is 0.0148. The Balaban J connectivity index is 1.16. The first kappa shape index (κ1) is 22.7. The first-order valence-electron chi connectivity index (χ1n) is 12.1. The van der Waals surface area contributed by atoms with Gasteiger partial charge >= 0.3 is 0 Å². The summed E-state index contributed by atoms with van der Waals surface area (Å²) in [7, 11) is 0. The van der Waals surface area contributed by atoms with E-state index in [0.29, 0.717) is 31.0 Å². The maximum absolute atomic E-state index is 10.5. The normalized spacial score (nSPS) is 37.8. The van der Waals surface area contributed by atoms with E-state index in [2.05, 4.69) is 13.0 Å². The molecule has 6 nitrogen and oxygen atoms in total. The third kappa shape index (κ3) is 5.64. The van der Waals surface area contributed by atoms with Crippen molar-refractivity contribution in [3.05, 3.63) is 12.2 Å². The number of hydrogen-bond donors (Lipinski definition) is 2. The van der Waals surface area contributed by atoms with E-state index in [9.17, 15) is 10.2 Å². The molecule has 4 rings (SSSR count). The molecule has 0 aromatic heterocycles. The van der Waals surface area contributed by atoms with Crippen LogP contribution < -0.4 is 0 Å². The average molecular weight is 425 g/mol.